The van der Waals surface area contributed by atoms with Crippen molar-refractivity contribution in [2.24, 2.45) is 11.8 Å². The Kier molecular flexibility index (Phi) is 28.5. The van der Waals surface area contributed by atoms with Crippen LogP contribution < -0.4 is 41.4 Å². The number of fused-ring (bicyclic) bond motifs is 4. The first-order chi connectivity index (χ1) is 58.8. The summed E-state index contributed by atoms with van der Waals surface area (Å²) >= 11 is 24.4. The van der Waals surface area contributed by atoms with E-state index in [9.17, 15) is 105 Å². The second-order valence-corrected chi connectivity index (χ2v) is 28.7. The van der Waals surface area contributed by atoms with Gasteiger partial charge in [0, 0.05) is 151 Å². The smallest absolute Gasteiger partial charge is 0.371 e. The molecule has 10 amide bonds. The van der Waals surface area contributed by atoms with E-state index in [1.54, 1.807) is 0 Å². The standard InChI is InChI=1S/C23H21ClN2O10.C22H19ClN2O9.C17H12ClNO9.C16H10ClNO8/c1-12(27)33-11-34-18-10-17-14(9-16(18)24)8-15(23(32)35-17)21(30)25-6-4-13(5-7-25)22(31)36-26-19(28)2-3-20(26)29;1-11(26)32-17-10-16-13(9-15(17)23)8-14(22(31)33-16)20(29)24-6-4-12(5-7-24)21(30)34-25-18(27)2-3-19(25)28;1-8(20)25-7-26-13-6-12-9(5-11(13)18)4-10(16(23)27-12)17(24)28-19-14(21)2-3-15(19)22;1-7(19)24-12-6-11-8(5-10(12)17)4-9(15(22)25-11)16(23)26-18-13(20)2-3-14(18)21/h8-10,13H,2-7,11H2,1H3;8-10,12H,2-7H2,1H3;4-6H,2-3,7H2,1H3;4-6H,2-3H2,1H3. The maximum absolute atomic E-state index is 13.0. The molecule has 0 radical (unpaired) electrons. The van der Waals surface area contributed by atoms with Crippen molar-refractivity contribution in [2.45, 2.75) is 105 Å². The van der Waals surface area contributed by atoms with Crippen LogP contribution >= 0.6 is 46.4 Å². The molecule has 46 heteroatoms. The maximum Gasteiger partial charge on any atom is 0.371 e. The molecule has 0 N–H and O–H groups in total. The molecule has 4 aromatic heterocycles. The van der Waals surface area contributed by atoms with Crippen molar-refractivity contribution in [3.63, 3.8) is 0 Å². The van der Waals surface area contributed by atoms with Gasteiger partial charge in [0.05, 0.1) is 31.9 Å². The molecule has 8 aromatic rings. The Morgan fingerprint density at radius 2 is 0.565 bits per heavy atom. The molecule has 6 aliphatic rings. The Hall–Kier alpha value is -14.3. The summed E-state index contributed by atoms with van der Waals surface area (Å²) in [6.07, 6.45) is 0.627. The van der Waals surface area contributed by atoms with E-state index in [0.717, 1.165) is 12.1 Å². The highest BCUT2D eigenvalue weighted by molar-refractivity contribution is 6.34. The number of benzene rings is 4. The van der Waals surface area contributed by atoms with Crippen LogP contribution in [-0.4, -0.2) is 177 Å². The van der Waals surface area contributed by atoms with Crippen LogP contribution in [-0.2, 0) is 95.9 Å². The number of hydroxylamine groups is 8. The van der Waals surface area contributed by atoms with Crippen LogP contribution in [0.2, 0.25) is 20.1 Å². The lowest BCUT2D eigenvalue weighted by Crippen LogP contribution is -2.43. The van der Waals surface area contributed by atoms with Crippen LogP contribution in [0.4, 0.5) is 0 Å². The molecule has 42 nitrogen and oxygen atoms in total. The molecule has 6 aliphatic heterocycles. The molecular weight excluding hydrogens is 1740 g/mol. The fourth-order valence-electron chi connectivity index (χ4n) is 12.3. The van der Waals surface area contributed by atoms with Gasteiger partial charge in [-0.2, -0.15) is 0 Å². The SMILES string of the molecule is CC(=O)OCOc1cc2oc(=O)c(C(=O)N3CCC(C(=O)ON4C(=O)CCC4=O)CC3)cc2cc1Cl.CC(=O)OCOc1cc2oc(=O)c(C(=O)ON3C(=O)CCC3=O)cc2cc1Cl.CC(=O)Oc1cc2oc(=O)c(C(=O)N3CCC(C(=O)ON4C(=O)CCC4=O)CC3)cc2cc1Cl.CC(=O)Oc1cc2oc(=O)c(C(=O)ON3C(=O)CCC3=O)cc2cc1Cl. The van der Waals surface area contributed by atoms with Crippen LogP contribution in [0.15, 0.2) is 110 Å². The Morgan fingerprint density at radius 3 is 0.831 bits per heavy atom. The van der Waals surface area contributed by atoms with Gasteiger partial charge in [0.15, 0.2) is 11.5 Å². The van der Waals surface area contributed by atoms with Gasteiger partial charge in [-0.1, -0.05) is 46.4 Å². The first-order valence-electron chi connectivity index (χ1n) is 36.7. The molecule has 0 spiro atoms. The number of likely N-dealkylation sites (tertiary alicyclic amines) is 2. The minimum absolute atomic E-state index is 0.00122. The number of imide groups is 4. The van der Waals surface area contributed by atoms with Crippen molar-refractivity contribution in [1.82, 2.24) is 30.1 Å². The van der Waals surface area contributed by atoms with Crippen LogP contribution in [0, 0.1) is 11.8 Å². The molecule has 124 heavy (non-hydrogen) atoms. The van der Waals surface area contributed by atoms with Gasteiger partial charge in [-0.15, -0.1) is 20.3 Å². The molecule has 0 saturated carbocycles. The average Bonchev–Trinajstić information content (AvgIpc) is 0.904. The van der Waals surface area contributed by atoms with E-state index in [-0.39, 0.29) is 197 Å². The number of esters is 4. The fraction of sp³-hybridized carbons (Fsp3) is 0.308. The predicted molar refractivity (Wildman–Crippen MR) is 412 cm³/mol. The number of rotatable bonds is 18. The molecule has 0 atom stereocenters. The Bertz CT molecular complexity index is 6070. The van der Waals surface area contributed by atoms with Gasteiger partial charge in [-0.05, 0) is 74.2 Å². The molecule has 6 fully saturated rings. The lowest BCUT2D eigenvalue weighted by atomic mass is 9.96. The number of nitrogens with zero attached hydrogens (tertiary/aromatic N) is 6. The van der Waals surface area contributed by atoms with E-state index in [0.29, 0.717) is 31.0 Å². The molecular formula is C78H62Cl4N6O36. The minimum atomic E-state index is -1.22. The van der Waals surface area contributed by atoms with Gasteiger partial charge in [0.1, 0.15) is 56.1 Å². The van der Waals surface area contributed by atoms with E-state index < -0.39 is 159 Å². The molecule has 0 unspecified atom stereocenters. The van der Waals surface area contributed by atoms with Crippen molar-refractivity contribution in [2.75, 3.05) is 39.8 Å². The van der Waals surface area contributed by atoms with Crippen molar-refractivity contribution in [3.8, 4) is 23.0 Å². The lowest BCUT2D eigenvalue weighted by Gasteiger charge is -2.31. The number of halogens is 4. The number of piperidine rings is 2. The Morgan fingerprint density at radius 1 is 0.323 bits per heavy atom. The Labute approximate surface area is 711 Å². The molecule has 14 rings (SSSR count). The summed E-state index contributed by atoms with van der Waals surface area (Å²) in [6.45, 7) is 4.65. The number of ether oxygens (including phenoxy) is 6. The number of hydrogen-bond donors (Lipinski definition) is 0. The number of carbonyl (C=O) groups excluding carboxylic acids is 18. The third-order valence-corrected chi connectivity index (χ3v) is 19.7. The van der Waals surface area contributed by atoms with Crippen LogP contribution in [0.25, 0.3) is 43.9 Å². The largest absolute Gasteiger partial charge is 0.456 e. The first kappa shape index (κ1) is 90.5. The minimum Gasteiger partial charge on any atom is -0.456 e. The van der Waals surface area contributed by atoms with Gasteiger partial charge in [-0.25, -0.2) is 38.4 Å². The van der Waals surface area contributed by atoms with E-state index in [1.807, 2.05) is 0 Å². The van der Waals surface area contributed by atoms with Gasteiger partial charge in [-0.3, -0.25) is 67.1 Å². The second kappa shape index (κ2) is 39.1. The monoisotopic (exact) mass is 1800 g/mol. The third kappa shape index (κ3) is 21.7. The van der Waals surface area contributed by atoms with Crippen molar-refractivity contribution < 1.29 is 152 Å². The summed E-state index contributed by atoms with van der Waals surface area (Å²) in [7, 11) is 0. The summed E-state index contributed by atoms with van der Waals surface area (Å²) in [5, 5.41) is 3.28. The molecule has 6 saturated heterocycles. The van der Waals surface area contributed by atoms with Crippen LogP contribution in [0.3, 0.4) is 0 Å². The van der Waals surface area contributed by atoms with Gasteiger partial charge in [0.2, 0.25) is 13.6 Å². The van der Waals surface area contributed by atoms with Crippen molar-refractivity contribution >= 4 is 197 Å². The summed E-state index contributed by atoms with van der Waals surface area (Å²) in [4.78, 5) is 283. The number of amides is 10. The average molecular weight is 1800 g/mol. The predicted octanol–water partition coefficient (Wildman–Crippen LogP) is 6.80. The topological polar surface area (TPSA) is 540 Å². The summed E-state index contributed by atoms with van der Waals surface area (Å²) in [6, 6.07) is 15.7. The summed E-state index contributed by atoms with van der Waals surface area (Å²) in [5.74, 6) is -13.3. The quantitative estimate of drug-likeness (QED) is 0.0280. The van der Waals surface area contributed by atoms with Crippen molar-refractivity contribution in [3.05, 3.63) is 157 Å². The first-order valence-corrected chi connectivity index (χ1v) is 38.2. The van der Waals surface area contributed by atoms with Crippen LogP contribution in [0.1, 0.15) is 146 Å². The van der Waals surface area contributed by atoms with Gasteiger partial charge >= 0.3 is 70.3 Å². The van der Waals surface area contributed by atoms with E-state index >= 15 is 0 Å². The molecule has 0 aliphatic carbocycles. The van der Waals surface area contributed by atoms with E-state index in [4.69, 9.17) is 107 Å². The zero-order valence-electron chi connectivity index (χ0n) is 64.7. The van der Waals surface area contributed by atoms with E-state index in [1.165, 1.54) is 98.2 Å². The normalized spacial score (nSPS) is 15.4. The van der Waals surface area contributed by atoms with E-state index in [2.05, 4.69) is 4.74 Å². The third-order valence-electron chi connectivity index (χ3n) is 18.5. The molecule has 648 valence electrons. The summed E-state index contributed by atoms with van der Waals surface area (Å²) < 4.78 is 50.2. The number of hydrogen-bond acceptors (Lipinski definition) is 36. The van der Waals surface area contributed by atoms with Gasteiger partial charge in [0.25, 0.3) is 59.1 Å². The highest BCUT2D eigenvalue weighted by Crippen LogP contribution is 2.36. The zero-order chi connectivity index (χ0) is 90.0. The fourth-order valence-corrected chi connectivity index (χ4v) is 13.2. The highest BCUT2D eigenvalue weighted by atomic mass is 35.5. The zero-order valence-corrected chi connectivity index (χ0v) is 67.7. The highest BCUT2D eigenvalue weighted by Gasteiger charge is 2.41. The maximum atomic E-state index is 13.0. The number of carbonyl (C=O) groups is 18. The lowest BCUT2D eigenvalue weighted by molar-refractivity contribution is -0.201. The molecule has 10 heterocycles. The molecule has 4 aromatic carbocycles. The Balaban J connectivity index is 0.000000162. The second-order valence-electron chi connectivity index (χ2n) is 27.1. The summed E-state index contributed by atoms with van der Waals surface area (Å²) in [5.41, 5.74) is -5.05. The van der Waals surface area contributed by atoms with Crippen LogP contribution in [0.5, 0.6) is 23.0 Å². The van der Waals surface area contributed by atoms with Crippen molar-refractivity contribution in [1.29, 1.82) is 0 Å². The molecule has 0 bridgehead atoms. The van der Waals surface area contributed by atoms with Gasteiger partial charge < -0.3 is 75.2 Å².